The number of anilines is 1. The fraction of sp³-hybridized carbons (Fsp3) is 0.333. The standard InChI is InChI=1S/C18H22N8O2/c1-4-5-10-27-15-8-6-14(7-9-15)11-20-21-12(2)16-13(3)26(25-22-16)18-17(19)23-28-24-18/h6-9,11H,4-5,10H2,1-3H3,(H2,19,23)/b20-11-,21-12+. The van der Waals surface area contributed by atoms with Crippen molar-refractivity contribution in [1.82, 2.24) is 25.3 Å². The summed E-state index contributed by atoms with van der Waals surface area (Å²) in [6.07, 6.45) is 3.82. The molecule has 2 N–H and O–H groups in total. The highest BCUT2D eigenvalue weighted by Gasteiger charge is 2.17. The maximum Gasteiger partial charge on any atom is 0.243 e. The van der Waals surface area contributed by atoms with Crippen LogP contribution >= 0.6 is 0 Å². The maximum absolute atomic E-state index is 5.70. The molecule has 146 valence electrons. The first-order valence-electron chi connectivity index (χ1n) is 8.91. The Balaban J connectivity index is 1.67. The van der Waals surface area contributed by atoms with Crippen molar-refractivity contribution in [1.29, 1.82) is 0 Å². The largest absolute Gasteiger partial charge is 0.494 e. The highest BCUT2D eigenvalue weighted by Crippen LogP contribution is 2.15. The molecule has 0 saturated carbocycles. The Kier molecular flexibility index (Phi) is 6.10. The predicted molar refractivity (Wildman–Crippen MR) is 105 cm³/mol. The molecule has 2 heterocycles. The number of ether oxygens (including phenoxy) is 1. The van der Waals surface area contributed by atoms with Gasteiger partial charge in [-0.15, -0.1) is 5.10 Å². The lowest BCUT2D eigenvalue weighted by molar-refractivity contribution is 0.306. The molecule has 0 unspecified atom stereocenters. The van der Waals surface area contributed by atoms with Crippen molar-refractivity contribution in [2.24, 2.45) is 10.2 Å². The predicted octanol–water partition coefficient (Wildman–Crippen LogP) is 2.56. The van der Waals surface area contributed by atoms with Gasteiger partial charge in [0, 0.05) is 0 Å². The van der Waals surface area contributed by atoms with Crippen LogP contribution in [0.4, 0.5) is 5.82 Å². The summed E-state index contributed by atoms with van der Waals surface area (Å²) in [4.78, 5) is 0. The minimum Gasteiger partial charge on any atom is -0.494 e. The van der Waals surface area contributed by atoms with E-state index in [2.05, 4.69) is 42.4 Å². The minimum absolute atomic E-state index is 0.134. The van der Waals surface area contributed by atoms with Gasteiger partial charge in [0.2, 0.25) is 11.6 Å². The van der Waals surface area contributed by atoms with Crippen LogP contribution in [0.5, 0.6) is 5.75 Å². The van der Waals surface area contributed by atoms with Crippen LogP contribution < -0.4 is 10.5 Å². The second kappa shape index (κ2) is 8.89. The van der Waals surface area contributed by atoms with Gasteiger partial charge in [-0.25, -0.2) is 4.63 Å². The maximum atomic E-state index is 5.70. The Bertz CT molecular complexity index is 972. The molecule has 0 amide bonds. The van der Waals surface area contributed by atoms with Crippen molar-refractivity contribution in [2.75, 3.05) is 12.3 Å². The molecule has 0 atom stereocenters. The van der Waals surface area contributed by atoms with Crippen molar-refractivity contribution in [3.8, 4) is 11.6 Å². The van der Waals surface area contributed by atoms with Gasteiger partial charge in [-0.1, -0.05) is 18.6 Å². The molecule has 3 rings (SSSR count). The third-order valence-electron chi connectivity index (χ3n) is 3.99. The van der Waals surface area contributed by atoms with E-state index in [1.54, 1.807) is 13.1 Å². The van der Waals surface area contributed by atoms with Gasteiger partial charge in [0.1, 0.15) is 11.4 Å². The molecule has 0 radical (unpaired) electrons. The van der Waals surface area contributed by atoms with Crippen molar-refractivity contribution in [3.05, 3.63) is 41.2 Å². The number of rotatable bonds is 8. The summed E-state index contributed by atoms with van der Waals surface area (Å²) in [5.74, 6) is 1.27. The third-order valence-corrected chi connectivity index (χ3v) is 3.99. The van der Waals surface area contributed by atoms with Crippen LogP contribution in [0.3, 0.4) is 0 Å². The summed E-state index contributed by atoms with van der Waals surface area (Å²) in [5.41, 5.74) is 8.51. The van der Waals surface area contributed by atoms with E-state index in [0.717, 1.165) is 30.8 Å². The third kappa shape index (κ3) is 4.40. The zero-order valence-electron chi connectivity index (χ0n) is 16.0. The van der Waals surface area contributed by atoms with Crippen LogP contribution in [0, 0.1) is 6.92 Å². The number of nitrogens with zero attached hydrogens (tertiary/aromatic N) is 7. The van der Waals surface area contributed by atoms with E-state index in [4.69, 9.17) is 10.5 Å². The summed E-state index contributed by atoms with van der Waals surface area (Å²) in [6.45, 7) is 6.48. The molecule has 28 heavy (non-hydrogen) atoms. The van der Waals surface area contributed by atoms with Gasteiger partial charge >= 0.3 is 0 Å². The van der Waals surface area contributed by atoms with Gasteiger partial charge in [-0.2, -0.15) is 14.9 Å². The number of hydrogen-bond acceptors (Lipinski definition) is 9. The van der Waals surface area contributed by atoms with Crippen LogP contribution in [0.15, 0.2) is 39.1 Å². The number of nitrogen functional groups attached to an aromatic ring is 1. The van der Waals surface area contributed by atoms with Crippen molar-refractivity contribution in [2.45, 2.75) is 33.6 Å². The SMILES string of the molecule is CCCCOc1ccc(/C=N\N=C(/C)c2nnn(-c3nonc3N)c2C)cc1. The lowest BCUT2D eigenvalue weighted by atomic mass is 10.2. The Morgan fingerprint density at radius 2 is 2.07 bits per heavy atom. The summed E-state index contributed by atoms with van der Waals surface area (Å²) in [7, 11) is 0. The number of aromatic nitrogens is 5. The van der Waals surface area contributed by atoms with Crippen molar-refractivity contribution in [3.63, 3.8) is 0 Å². The smallest absolute Gasteiger partial charge is 0.243 e. The van der Waals surface area contributed by atoms with Gasteiger partial charge in [-0.05, 0) is 60.4 Å². The van der Waals surface area contributed by atoms with E-state index in [9.17, 15) is 0 Å². The summed E-state index contributed by atoms with van der Waals surface area (Å²) < 4.78 is 11.7. The fourth-order valence-corrected chi connectivity index (χ4v) is 2.42. The van der Waals surface area contributed by atoms with Gasteiger partial charge in [0.25, 0.3) is 0 Å². The Hall–Kier alpha value is -3.56. The topological polar surface area (TPSA) is 130 Å². The van der Waals surface area contributed by atoms with Gasteiger partial charge in [0.05, 0.1) is 24.2 Å². The van der Waals surface area contributed by atoms with Crippen LogP contribution in [-0.2, 0) is 0 Å². The average molecular weight is 382 g/mol. The van der Waals surface area contributed by atoms with Crippen LogP contribution in [-0.4, -0.2) is 43.8 Å². The van der Waals surface area contributed by atoms with E-state index in [1.807, 2.05) is 31.2 Å². The lowest BCUT2D eigenvalue weighted by Gasteiger charge is -2.04. The first kappa shape index (κ1) is 19.2. The molecule has 0 saturated heterocycles. The van der Waals surface area contributed by atoms with Crippen LogP contribution in [0.1, 0.15) is 43.6 Å². The first-order valence-corrected chi connectivity index (χ1v) is 8.91. The van der Waals surface area contributed by atoms with Gasteiger partial charge < -0.3 is 10.5 Å². The van der Waals surface area contributed by atoms with Crippen molar-refractivity contribution < 1.29 is 9.37 Å². The van der Waals surface area contributed by atoms with E-state index in [-0.39, 0.29) is 11.6 Å². The quantitative estimate of drug-likeness (QED) is 0.360. The molecule has 0 fully saturated rings. The van der Waals surface area contributed by atoms with Gasteiger partial charge in [-0.3, -0.25) is 0 Å². The zero-order chi connectivity index (χ0) is 19.9. The molecule has 2 aromatic heterocycles. The Morgan fingerprint density at radius 1 is 1.29 bits per heavy atom. The molecule has 0 aliphatic rings. The molecule has 1 aromatic carbocycles. The number of benzene rings is 1. The molecular formula is C18H22N8O2. The van der Waals surface area contributed by atoms with Crippen molar-refractivity contribution >= 4 is 17.7 Å². The summed E-state index contributed by atoms with van der Waals surface area (Å²) in [6, 6.07) is 7.69. The fourth-order valence-electron chi connectivity index (χ4n) is 2.42. The van der Waals surface area contributed by atoms with Gasteiger partial charge in [0.15, 0.2) is 0 Å². The Labute approximate surface area is 162 Å². The average Bonchev–Trinajstić information content (AvgIpc) is 3.28. The van der Waals surface area contributed by atoms with E-state index in [0.29, 0.717) is 17.1 Å². The van der Waals surface area contributed by atoms with Crippen LogP contribution in [0.2, 0.25) is 0 Å². The molecule has 0 aliphatic heterocycles. The zero-order valence-corrected chi connectivity index (χ0v) is 16.0. The summed E-state index contributed by atoms with van der Waals surface area (Å²) >= 11 is 0. The highest BCUT2D eigenvalue weighted by atomic mass is 16.6. The number of hydrogen-bond donors (Lipinski definition) is 1. The minimum atomic E-state index is 0.134. The first-order chi connectivity index (χ1) is 13.6. The number of unbranched alkanes of at least 4 members (excludes halogenated alkanes) is 1. The summed E-state index contributed by atoms with van der Waals surface area (Å²) in [5, 5.41) is 23.7. The van der Waals surface area contributed by atoms with E-state index >= 15 is 0 Å². The highest BCUT2D eigenvalue weighted by molar-refractivity contribution is 5.98. The Morgan fingerprint density at radius 3 is 2.75 bits per heavy atom. The molecule has 0 bridgehead atoms. The normalized spacial score (nSPS) is 12.0. The molecule has 3 aromatic rings. The molecule has 10 heteroatoms. The lowest BCUT2D eigenvalue weighted by Crippen LogP contribution is -2.04. The number of nitrogens with two attached hydrogens (primary N) is 1. The molecule has 0 aliphatic carbocycles. The molecule has 10 nitrogen and oxygen atoms in total. The second-order valence-corrected chi connectivity index (χ2v) is 6.11. The van der Waals surface area contributed by atoms with E-state index < -0.39 is 0 Å². The second-order valence-electron chi connectivity index (χ2n) is 6.11. The molecular weight excluding hydrogens is 360 g/mol. The van der Waals surface area contributed by atoms with E-state index in [1.165, 1.54) is 4.68 Å². The molecule has 0 spiro atoms. The van der Waals surface area contributed by atoms with Crippen LogP contribution in [0.25, 0.3) is 5.82 Å². The monoisotopic (exact) mass is 382 g/mol.